The number of anilines is 1. The Labute approximate surface area is 119 Å². The monoisotopic (exact) mass is 272 g/mol. The molecule has 1 saturated heterocycles. The van der Waals surface area contributed by atoms with Gasteiger partial charge in [-0.1, -0.05) is 6.92 Å². The van der Waals surface area contributed by atoms with Gasteiger partial charge in [-0.05, 0) is 31.4 Å². The number of nitrogens with zero attached hydrogens (tertiary/aromatic N) is 3. The van der Waals surface area contributed by atoms with Gasteiger partial charge in [-0.3, -0.25) is 4.79 Å². The van der Waals surface area contributed by atoms with Crippen molar-refractivity contribution in [2.45, 2.75) is 38.6 Å². The van der Waals surface area contributed by atoms with Crippen molar-refractivity contribution in [3.63, 3.8) is 0 Å². The number of rotatable bonds is 4. The van der Waals surface area contributed by atoms with Crippen molar-refractivity contribution in [3.05, 3.63) is 24.0 Å². The van der Waals surface area contributed by atoms with E-state index in [4.69, 9.17) is 5.26 Å². The molecule has 2 rings (SSSR count). The average molecular weight is 272 g/mol. The second kappa shape index (κ2) is 6.90. The molecule has 0 unspecified atom stereocenters. The van der Waals surface area contributed by atoms with Gasteiger partial charge in [0.05, 0.1) is 11.9 Å². The zero-order valence-electron chi connectivity index (χ0n) is 11.8. The molecule has 1 fully saturated rings. The maximum atomic E-state index is 11.7. The third-order valence-corrected chi connectivity index (χ3v) is 3.49. The van der Waals surface area contributed by atoms with Crippen LogP contribution in [0.15, 0.2) is 18.3 Å². The fourth-order valence-corrected chi connectivity index (χ4v) is 2.50. The second-order valence-electron chi connectivity index (χ2n) is 5.12. The van der Waals surface area contributed by atoms with E-state index in [1.54, 1.807) is 12.3 Å². The van der Waals surface area contributed by atoms with Crippen LogP contribution in [0.25, 0.3) is 0 Å². The van der Waals surface area contributed by atoms with Gasteiger partial charge in [-0.15, -0.1) is 0 Å². The Hall–Kier alpha value is -2.09. The number of nitriles is 1. The number of nitrogens with one attached hydrogen (secondary N) is 1. The maximum Gasteiger partial charge on any atom is 0.220 e. The van der Waals surface area contributed by atoms with Gasteiger partial charge in [0.2, 0.25) is 5.91 Å². The van der Waals surface area contributed by atoms with Gasteiger partial charge in [-0.2, -0.15) is 5.26 Å². The van der Waals surface area contributed by atoms with E-state index in [2.05, 4.69) is 15.2 Å². The molecule has 0 saturated carbocycles. The summed E-state index contributed by atoms with van der Waals surface area (Å²) in [4.78, 5) is 18.0. The summed E-state index contributed by atoms with van der Waals surface area (Å²) >= 11 is 0. The number of aromatic nitrogens is 1. The lowest BCUT2D eigenvalue weighted by atomic mass is 10.0. The maximum absolute atomic E-state index is 11.7. The first-order chi connectivity index (χ1) is 9.72. The van der Waals surface area contributed by atoms with Crippen molar-refractivity contribution >= 4 is 11.6 Å². The number of hydrogen-bond acceptors (Lipinski definition) is 4. The van der Waals surface area contributed by atoms with E-state index in [0.717, 1.165) is 38.0 Å². The van der Waals surface area contributed by atoms with Crippen LogP contribution in [0.1, 0.15) is 38.3 Å². The number of carbonyl (C=O) groups is 1. The Bertz CT molecular complexity index is 492. The minimum Gasteiger partial charge on any atom is -0.368 e. The van der Waals surface area contributed by atoms with Gasteiger partial charge < -0.3 is 10.2 Å². The first-order valence-electron chi connectivity index (χ1n) is 7.13. The third kappa shape index (κ3) is 3.70. The zero-order chi connectivity index (χ0) is 14.4. The molecule has 1 N–H and O–H groups in total. The van der Waals surface area contributed by atoms with Crippen LogP contribution in [0.2, 0.25) is 0 Å². The van der Waals surface area contributed by atoms with Crippen LogP contribution in [-0.2, 0) is 4.79 Å². The summed E-state index contributed by atoms with van der Waals surface area (Å²) < 4.78 is 0. The van der Waals surface area contributed by atoms with Crippen LogP contribution in [-0.4, -0.2) is 30.0 Å². The highest BCUT2D eigenvalue weighted by Gasteiger charge is 2.21. The van der Waals surface area contributed by atoms with E-state index in [1.807, 2.05) is 19.1 Å². The van der Waals surface area contributed by atoms with Crippen LogP contribution < -0.4 is 10.2 Å². The average Bonchev–Trinajstić information content (AvgIpc) is 2.48. The summed E-state index contributed by atoms with van der Waals surface area (Å²) in [6, 6.07) is 5.88. The third-order valence-electron chi connectivity index (χ3n) is 3.49. The van der Waals surface area contributed by atoms with Crippen molar-refractivity contribution in [3.8, 4) is 6.07 Å². The van der Waals surface area contributed by atoms with Gasteiger partial charge in [0.25, 0.3) is 0 Å². The fourth-order valence-electron chi connectivity index (χ4n) is 2.50. The molecule has 0 aromatic carbocycles. The summed E-state index contributed by atoms with van der Waals surface area (Å²) in [5.74, 6) is 0.136. The van der Waals surface area contributed by atoms with Crippen molar-refractivity contribution in [1.82, 2.24) is 10.3 Å². The topological polar surface area (TPSA) is 69.0 Å². The molecule has 2 heterocycles. The summed E-state index contributed by atoms with van der Waals surface area (Å²) in [6.07, 6.45) is 5.28. The first-order valence-corrected chi connectivity index (χ1v) is 7.13. The zero-order valence-corrected chi connectivity index (χ0v) is 11.8. The largest absolute Gasteiger partial charge is 0.368 e. The van der Waals surface area contributed by atoms with E-state index in [-0.39, 0.29) is 11.9 Å². The number of carbonyl (C=O) groups excluding carboxylic acids is 1. The molecule has 0 aliphatic carbocycles. The highest BCUT2D eigenvalue weighted by molar-refractivity contribution is 5.76. The Balaban J connectivity index is 1.95. The minimum atomic E-state index is 0.136. The Morgan fingerprint density at radius 3 is 3.10 bits per heavy atom. The summed E-state index contributed by atoms with van der Waals surface area (Å²) in [5, 5.41) is 11.8. The predicted octanol–water partition coefficient (Wildman–Crippen LogP) is 1.84. The van der Waals surface area contributed by atoms with Gasteiger partial charge in [-0.25, -0.2) is 4.98 Å². The van der Waals surface area contributed by atoms with Gasteiger partial charge in [0.1, 0.15) is 11.8 Å². The molecule has 0 bridgehead atoms. The van der Waals surface area contributed by atoms with Crippen molar-refractivity contribution in [2.24, 2.45) is 0 Å². The summed E-state index contributed by atoms with van der Waals surface area (Å²) in [5.41, 5.74) is 1.44. The van der Waals surface area contributed by atoms with E-state index in [9.17, 15) is 4.79 Å². The lowest BCUT2D eigenvalue weighted by Crippen LogP contribution is -2.47. The normalized spacial score (nSPS) is 18.4. The molecule has 1 aliphatic heterocycles. The smallest absolute Gasteiger partial charge is 0.220 e. The molecular weight excluding hydrogens is 252 g/mol. The molecule has 0 spiro atoms. The highest BCUT2D eigenvalue weighted by atomic mass is 16.1. The second-order valence-corrected chi connectivity index (χ2v) is 5.12. The molecule has 1 amide bonds. The molecule has 1 aromatic heterocycles. The number of piperidine rings is 1. The minimum absolute atomic E-state index is 0.136. The van der Waals surface area contributed by atoms with E-state index >= 15 is 0 Å². The standard InChI is InChI=1S/C15H20N4O/c1-2-4-15(20)18-13-5-3-8-19(11-13)14-7-6-12(9-16)17-10-14/h6-7,10,13H,2-5,8,11H2,1H3,(H,18,20)/t13-/m0/s1. The molecule has 106 valence electrons. The lowest BCUT2D eigenvalue weighted by molar-refractivity contribution is -0.121. The molecule has 5 heteroatoms. The van der Waals surface area contributed by atoms with Crippen molar-refractivity contribution in [1.29, 1.82) is 5.26 Å². The Morgan fingerprint density at radius 2 is 2.45 bits per heavy atom. The van der Waals surface area contributed by atoms with Crippen LogP contribution >= 0.6 is 0 Å². The molecule has 1 aliphatic rings. The first kappa shape index (κ1) is 14.3. The van der Waals surface area contributed by atoms with E-state index in [1.165, 1.54) is 0 Å². The quantitative estimate of drug-likeness (QED) is 0.908. The lowest BCUT2D eigenvalue weighted by Gasteiger charge is -2.34. The number of amides is 1. The van der Waals surface area contributed by atoms with Gasteiger partial charge >= 0.3 is 0 Å². The van der Waals surface area contributed by atoms with E-state index in [0.29, 0.717) is 12.1 Å². The predicted molar refractivity (Wildman–Crippen MR) is 77.2 cm³/mol. The van der Waals surface area contributed by atoms with Crippen LogP contribution in [0.5, 0.6) is 0 Å². The van der Waals surface area contributed by atoms with Crippen LogP contribution in [0.4, 0.5) is 5.69 Å². The molecule has 5 nitrogen and oxygen atoms in total. The summed E-state index contributed by atoms with van der Waals surface area (Å²) in [6.45, 7) is 3.78. The highest BCUT2D eigenvalue weighted by Crippen LogP contribution is 2.19. The van der Waals surface area contributed by atoms with Crippen molar-refractivity contribution in [2.75, 3.05) is 18.0 Å². The molecule has 0 radical (unpaired) electrons. The van der Waals surface area contributed by atoms with Crippen molar-refractivity contribution < 1.29 is 4.79 Å². The van der Waals surface area contributed by atoms with Crippen LogP contribution in [0.3, 0.4) is 0 Å². The summed E-state index contributed by atoms with van der Waals surface area (Å²) in [7, 11) is 0. The fraction of sp³-hybridized carbons (Fsp3) is 0.533. The SMILES string of the molecule is CCCC(=O)N[C@H]1CCCN(c2ccc(C#N)nc2)C1. The molecule has 1 atom stereocenters. The molecular formula is C15H20N4O. The molecule has 1 aromatic rings. The van der Waals surface area contributed by atoms with E-state index < -0.39 is 0 Å². The number of hydrogen-bond donors (Lipinski definition) is 1. The van der Waals surface area contributed by atoms with Gasteiger partial charge in [0.15, 0.2) is 0 Å². The van der Waals surface area contributed by atoms with Crippen LogP contribution in [0, 0.1) is 11.3 Å². The number of pyridine rings is 1. The Morgan fingerprint density at radius 1 is 1.60 bits per heavy atom. The Kier molecular flexibility index (Phi) is 4.94. The van der Waals surface area contributed by atoms with Gasteiger partial charge in [0, 0.05) is 25.6 Å². The molecule has 20 heavy (non-hydrogen) atoms.